The van der Waals surface area contributed by atoms with Crippen LogP contribution in [0.1, 0.15) is 10.4 Å². The van der Waals surface area contributed by atoms with Crippen molar-refractivity contribution in [3.63, 3.8) is 0 Å². The number of amides is 1. The minimum absolute atomic E-state index is 0.165. The van der Waals surface area contributed by atoms with Gasteiger partial charge in [0.15, 0.2) is 0 Å². The average Bonchev–Trinajstić information content (AvgIpc) is 2.68. The molecule has 120 valence electrons. The molecule has 25 heavy (non-hydrogen) atoms. The molecule has 0 atom stereocenters. The summed E-state index contributed by atoms with van der Waals surface area (Å²) < 4.78 is 0. The molecule has 4 rings (SSSR count). The number of pyridine rings is 2. The van der Waals surface area contributed by atoms with E-state index in [0.29, 0.717) is 11.3 Å². The van der Waals surface area contributed by atoms with Gasteiger partial charge >= 0.3 is 0 Å². The summed E-state index contributed by atoms with van der Waals surface area (Å²) in [6.45, 7) is 0. The predicted molar refractivity (Wildman–Crippen MR) is 99.4 cm³/mol. The Kier molecular flexibility index (Phi) is 3.92. The number of hydrogen-bond acceptors (Lipinski definition) is 3. The molecule has 0 unspecified atom stereocenters. The fraction of sp³-hybridized carbons (Fsp3) is 0. The van der Waals surface area contributed by atoms with Gasteiger partial charge in [-0.1, -0.05) is 42.5 Å². The molecule has 0 bridgehead atoms. The van der Waals surface area contributed by atoms with E-state index in [1.165, 1.54) is 0 Å². The van der Waals surface area contributed by atoms with E-state index in [1.807, 2.05) is 72.8 Å². The smallest absolute Gasteiger partial charge is 0.256 e. The highest BCUT2D eigenvalue weighted by Crippen LogP contribution is 2.24. The summed E-state index contributed by atoms with van der Waals surface area (Å²) in [7, 11) is 0. The van der Waals surface area contributed by atoms with Gasteiger partial charge in [-0.3, -0.25) is 9.78 Å². The normalized spacial score (nSPS) is 10.6. The van der Waals surface area contributed by atoms with Crippen molar-refractivity contribution in [2.75, 3.05) is 5.32 Å². The van der Waals surface area contributed by atoms with Crippen molar-refractivity contribution in [1.29, 1.82) is 0 Å². The third kappa shape index (κ3) is 3.10. The number of carbonyl (C=O) groups excluding carboxylic acids is 1. The maximum atomic E-state index is 12.9. The van der Waals surface area contributed by atoms with Crippen LogP contribution in [0.25, 0.3) is 22.3 Å². The van der Waals surface area contributed by atoms with E-state index in [0.717, 1.165) is 22.3 Å². The average molecular weight is 325 g/mol. The van der Waals surface area contributed by atoms with Gasteiger partial charge in [-0.25, -0.2) is 4.98 Å². The molecule has 0 spiro atoms. The summed E-state index contributed by atoms with van der Waals surface area (Å²) in [6.07, 6.45) is 1.72. The number of nitrogens with zero attached hydrogens (tertiary/aromatic N) is 2. The first kappa shape index (κ1) is 15.0. The Labute approximate surface area is 145 Å². The highest BCUT2D eigenvalue weighted by Gasteiger charge is 2.14. The standard InChI is InChI=1S/C21H15N3O/c25-21(23-15-8-2-1-3-9-15)17-14-20(19-12-6-7-13-22-19)24-18-11-5-4-10-16(17)18/h1-14H,(H,23,25). The summed E-state index contributed by atoms with van der Waals surface area (Å²) in [4.78, 5) is 21.9. The monoisotopic (exact) mass is 325 g/mol. The van der Waals surface area contributed by atoms with Crippen molar-refractivity contribution in [2.45, 2.75) is 0 Å². The van der Waals surface area contributed by atoms with Crippen LogP contribution in [-0.2, 0) is 0 Å². The molecule has 0 aliphatic rings. The van der Waals surface area contributed by atoms with E-state index in [2.05, 4.69) is 15.3 Å². The lowest BCUT2D eigenvalue weighted by Gasteiger charge is -2.10. The van der Waals surface area contributed by atoms with Crippen molar-refractivity contribution in [1.82, 2.24) is 9.97 Å². The molecule has 0 saturated carbocycles. The van der Waals surface area contributed by atoms with Crippen LogP contribution in [-0.4, -0.2) is 15.9 Å². The number of fused-ring (bicyclic) bond motifs is 1. The molecule has 2 heterocycles. The molecule has 0 aliphatic heterocycles. The highest BCUT2D eigenvalue weighted by molar-refractivity contribution is 6.13. The lowest BCUT2D eigenvalue weighted by molar-refractivity contribution is 0.102. The van der Waals surface area contributed by atoms with Gasteiger partial charge in [0, 0.05) is 17.3 Å². The van der Waals surface area contributed by atoms with Gasteiger partial charge in [0.05, 0.1) is 22.5 Å². The minimum atomic E-state index is -0.165. The minimum Gasteiger partial charge on any atom is -0.322 e. The molecule has 1 amide bonds. The second-order valence-corrected chi connectivity index (χ2v) is 5.61. The molecule has 2 aromatic carbocycles. The molecule has 4 heteroatoms. The maximum Gasteiger partial charge on any atom is 0.256 e. The lowest BCUT2D eigenvalue weighted by Crippen LogP contribution is -2.13. The van der Waals surface area contributed by atoms with Gasteiger partial charge in [0.25, 0.3) is 5.91 Å². The molecular weight excluding hydrogens is 310 g/mol. The third-order valence-electron chi connectivity index (χ3n) is 3.92. The zero-order chi connectivity index (χ0) is 17.1. The number of hydrogen-bond donors (Lipinski definition) is 1. The zero-order valence-electron chi connectivity index (χ0n) is 13.4. The van der Waals surface area contributed by atoms with Crippen molar-refractivity contribution in [3.05, 3.63) is 90.6 Å². The molecule has 4 nitrogen and oxygen atoms in total. The second-order valence-electron chi connectivity index (χ2n) is 5.61. The van der Waals surface area contributed by atoms with Crippen LogP contribution >= 0.6 is 0 Å². The summed E-state index contributed by atoms with van der Waals surface area (Å²) in [5, 5.41) is 3.76. The quantitative estimate of drug-likeness (QED) is 0.601. The van der Waals surface area contributed by atoms with Crippen LogP contribution in [0.5, 0.6) is 0 Å². The highest BCUT2D eigenvalue weighted by atomic mass is 16.1. The molecule has 0 radical (unpaired) electrons. The number of nitrogens with one attached hydrogen (secondary N) is 1. The van der Waals surface area contributed by atoms with Crippen molar-refractivity contribution < 1.29 is 4.79 Å². The fourth-order valence-corrected chi connectivity index (χ4v) is 2.73. The summed E-state index contributed by atoms with van der Waals surface area (Å²) >= 11 is 0. The van der Waals surface area contributed by atoms with Crippen molar-refractivity contribution in [3.8, 4) is 11.4 Å². The second kappa shape index (κ2) is 6.53. The maximum absolute atomic E-state index is 12.9. The first-order valence-electron chi connectivity index (χ1n) is 7.99. The first-order chi connectivity index (χ1) is 12.3. The molecule has 1 N–H and O–H groups in total. The van der Waals surface area contributed by atoms with Gasteiger partial charge in [-0.2, -0.15) is 0 Å². The Bertz CT molecular complexity index is 1030. The molecular formula is C21H15N3O. The molecule has 2 aromatic heterocycles. The van der Waals surface area contributed by atoms with Crippen LogP contribution in [0.15, 0.2) is 85.1 Å². The van der Waals surface area contributed by atoms with Crippen molar-refractivity contribution in [2.24, 2.45) is 0 Å². The number of benzene rings is 2. The van der Waals surface area contributed by atoms with Crippen LogP contribution in [0.4, 0.5) is 5.69 Å². The molecule has 0 saturated heterocycles. The van der Waals surface area contributed by atoms with Gasteiger partial charge in [0.2, 0.25) is 0 Å². The number of para-hydroxylation sites is 2. The van der Waals surface area contributed by atoms with Gasteiger partial charge in [-0.15, -0.1) is 0 Å². The van der Waals surface area contributed by atoms with Crippen LogP contribution in [0, 0.1) is 0 Å². The van der Waals surface area contributed by atoms with Gasteiger partial charge in [-0.05, 0) is 36.4 Å². The number of rotatable bonds is 3. The third-order valence-corrected chi connectivity index (χ3v) is 3.92. The Morgan fingerprint density at radius 1 is 0.800 bits per heavy atom. The summed E-state index contributed by atoms with van der Waals surface area (Å²) in [6, 6.07) is 24.5. The van der Waals surface area contributed by atoms with E-state index >= 15 is 0 Å². The topological polar surface area (TPSA) is 54.9 Å². The van der Waals surface area contributed by atoms with E-state index in [1.54, 1.807) is 12.3 Å². The van der Waals surface area contributed by atoms with Crippen molar-refractivity contribution >= 4 is 22.5 Å². The summed E-state index contributed by atoms with van der Waals surface area (Å²) in [5.41, 5.74) is 3.52. The van der Waals surface area contributed by atoms with E-state index in [-0.39, 0.29) is 5.91 Å². The largest absolute Gasteiger partial charge is 0.322 e. The van der Waals surface area contributed by atoms with E-state index in [9.17, 15) is 4.79 Å². The van der Waals surface area contributed by atoms with Crippen LogP contribution < -0.4 is 5.32 Å². The lowest BCUT2D eigenvalue weighted by atomic mass is 10.1. The fourth-order valence-electron chi connectivity index (χ4n) is 2.73. The Morgan fingerprint density at radius 2 is 1.56 bits per heavy atom. The summed E-state index contributed by atoms with van der Waals surface area (Å²) in [5.74, 6) is -0.165. The van der Waals surface area contributed by atoms with E-state index < -0.39 is 0 Å². The zero-order valence-corrected chi connectivity index (χ0v) is 13.4. The van der Waals surface area contributed by atoms with Gasteiger partial charge < -0.3 is 5.32 Å². The van der Waals surface area contributed by atoms with Crippen LogP contribution in [0.2, 0.25) is 0 Å². The first-order valence-corrected chi connectivity index (χ1v) is 7.99. The van der Waals surface area contributed by atoms with Crippen LogP contribution in [0.3, 0.4) is 0 Å². The van der Waals surface area contributed by atoms with Gasteiger partial charge in [0.1, 0.15) is 0 Å². The Balaban J connectivity index is 1.83. The Morgan fingerprint density at radius 3 is 2.36 bits per heavy atom. The predicted octanol–water partition coefficient (Wildman–Crippen LogP) is 4.55. The number of anilines is 1. The SMILES string of the molecule is O=C(Nc1ccccc1)c1cc(-c2ccccn2)nc2ccccc12. The molecule has 0 fully saturated rings. The Hall–Kier alpha value is -3.53. The number of aromatic nitrogens is 2. The molecule has 4 aromatic rings. The molecule has 0 aliphatic carbocycles. The van der Waals surface area contributed by atoms with E-state index in [4.69, 9.17) is 0 Å². The number of carbonyl (C=O) groups is 1.